The second-order valence-electron chi connectivity index (χ2n) is 4.23. The summed E-state index contributed by atoms with van der Waals surface area (Å²) in [4.78, 5) is 4.38. The molecule has 2 heterocycles. The predicted octanol–water partition coefficient (Wildman–Crippen LogP) is 2.62. The molecule has 0 amide bonds. The van der Waals surface area contributed by atoms with E-state index in [2.05, 4.69) is 31.5 Å². The largest absolute Gasteiger partial charge is 0.376 e. The summed E-state index contributed by atoms with van der Waals surface area (Å²) < 4.78 is 6.51. The fourth-order valence-electron chi connectivity index (χ4n) is 1.79. The highest BCUT2D eigenvalue weighted by atomic mass is 79.9. The lowest BCUT2D eigenvalue weighted by Gasteiger charge is -2.13. The van der Waals surface area contributed by atoms with E-state index < -0.39 is 0 Å². The molecule has 18 heavy (non-hydrogen) atoms. The van der Waals surface area contributed by atoms with Crippen LogP contribution in [-0.2, 0) is 4.74 Å². The van der Waals surface area contributed by atoms with Crippen molar-refractivity contribution in [1.82, 2.24) is 10.3 Å². The number of thiocarbonyl (C=S) groups is 1. The number of pyridine rings is 1. The maximum Gasteiger partial charge on any atom is 0.172 e. The SMILES string of the molecule is Cc1nc(NC(=S)NC[C@@H]2CCCO2)ccc1Br. The molecule has 1 aliphatic rings. The first-order valence-corrected chi connectivity index (χ1v) is 7.15. The van der Waals surface area contributed by atoms with Gasteiger partial charge in [0.1, 0.15) is 5.82 Å². The Hall–Kier alpha value is -0.720. The molecule has 1 fully saturated rings. The zero-order chi connectivity index (χ0) is 13.0. The van der Waals surface area contributed by atoms with Crippen LogP contribution in [0.3, 0.4) is 0 Å². The molecule has 6 heteroatoms. The number of hydrogen-bond donors (Lipinski definition) is 2. The average Bonchev–Trinajstić information content (AvgIpc) is 2.84. The van der Waals surface area contributed by atoms with Crippen molar-refractivity contribution in [1.29, 1.82) is 0 Å². The number of hydrogen-bond acceptors (Lipinski definition) is 3. The average molecular weight is 330 g/mol. The Kier molecular flexibility index (Phi) is 4.91. The Balaban J connectivity index is 1.80. The van der Waals surface area contributed by atoms with Crippen molar-refractivity contribution < 1.29 is 4.74 Å². The van der Waals surface area contributed by atoms with Crippen LogP contribution in [0, 0.1) is 6.92 Å². The molecule has 1 saturated heterocycles. The molecule has 4 nitrogen and oxygen atoms in total. The van der Waals surface area contributed by atoms with E-state index in [0.717, 1.165) is 42.0 Å². The molecule has 0 aliphatic carbocycles. The van der Waals surface area contributed by atoms with Crippen LogP contribution in [0.15, 0.2) is 16.6 Å². The van der Waals surface area contributed by atoms with Gasteiger partial charge in [0, 0.05) is 17.6 Å². The van der Waals surface area contributed by atoms with Crippen LogP contribution >= 0.6 is 28.1 Å². The summed E-state index contributed by atoms with van der Waals surface area (Å²) in [6, 6.07) is 3.84. The summed E-state index contributed by atoms with van der Waals surface area (Å²) in [5, 5.41) is 6.80. The van der Waals surface area contributed by atoms with Gasteiger partial charge in [-0.1, -0.05) is 0 Å². The third-order valence-corrected chi connectivity index (χ3v) is 3.86. The second-order valence-corrected chi connectivity index (χ2v) is 5.50. The van der Waals surface area contributed by atoms with Crippen molar-refractivity contribution in [3.8, 4) is 0 Å². The van der Waals surface area contributed by atoms with Gasteiger partial charge in [-0.25, -0.2) is 4.98 Å². The summed E-state index contributed by atoms with van der Waals surface area (Å²) in [6.45, 7) is 3.56. The summed E-state index contributed by atoms with van der Waals surface area (Å²) in [7, 11) is 0. The van der Waals surface area contributed by atoms with Crippen molar-refractivity contribution >= 4 is 39.1 Å². The number of aromatic nitrogens is 1. The lowest BCUT2D eigenvalue weighted by atomic mass is 10.2. The van der Waals surface area contributed by atoms with E-state index >= 15 is 0 Å². The Labute approximate surface area is 121 Å². The predicted molar refractivity (Wildman–Crippen MR) is 79.9 cm³/mol. The van der Waals surface area contributed by atoms with E-state index in [1.807, 2.05) is 19.1 Å². The molecule has 2 N–H and O–H groups in total. The van der Waals surface area contributed by atoms with E-state index in [9.17, 15) is 0 Å². The summed E-state index contributed by atoms with van der Waals surface area (Å²) in [5.74, 6) is 0.751. The standard InChI is InChI=1S/C12H16BrN3OS/c1-8-10(13)4-5-11(15-8)16-12(18)14-7-9-3-2-6-17-9/h4-5,9H,2-3,6-7H2,1H3,(H2,14,15,16,18)/t9-/m0/s1. The molecular weight excluding hydrogens is 314 g/mol. The van der Waals surface area contributed by atoms with Crippen molar-refractivity contribution in [3.63, 3.8) is 0 Å². The summed E-state index contributed by atoms with van der Waals surface area (Å²) in [5.41, 5.74) is 0.932. The third kappa shape index (κ3) is 3.90. The highest BCUT2D eigenvalue weighted by Gasteiger charge is 2.15. The van der Waals surface area contributed by atoms with Gasteiger partial charge in [0.2, 0.25) is 0 Å². The van der Waals surface area contributed by atoms with E-state index in [-0.39, 0.29) is 6.10 Å². The second kappa shape index (κ2) is 6.45. The van der Waals surface area contributed by atoms with E-state index in [1.165, 1.54) is 0 Å². The minimum absolute atomic E-state index is 0.282. The highest BCUT2D eigenvalue weighted by Crippen LogP contribution is 2.16. The molecule has 1 atom stereocenters. The fraction of sp³-hybridized carbons (Fsp3) is 0.500. The van der Waals surface area contributed by atoms with Crippen molar-refractivity contribution in [2.45, 2.75) is 25.9 Å². The molecular formula is C12H16BrN3OS. The quantitative estimate of drug-likeness (QED) is 0.835. The monoisotopic (exact) mass is 329 g/mol. The van der Waals surface area contributed by atoms with Crippen LogP contribution < -0.4 is 10.6 Å². The van der Waals surface area contributed by atoms with Gasteiger partial charge in [0.05, 0.1) is 11.8 Å². The molecule has 0 bridgehead atoms. The fourth-order valence-corrected chi connectivity index (χ4v) is 2.19. The third-order valence-electron chi connectivity index (χ3n) is 2.78. The molecule has 1 aromatic rings. The van der Waals surface area contributed by atoms with Crippen LogP contribution in [0.25, 0.3) is 0 Å². The molecule has 0 saturated carbocycles. The topological polar surface area (TPSA) is 46.2 Å². The van der Waals surface area contributed by atoms with Crippen molar-refractivity contribution in [2.24, 2.45) is 0 Å². The van der Waals surface area contributed by atoms with Gasteiger partial charge in [-0.05, 0) is 60.0 Å². The molecule has 0 spiro atoms. The van der Waals surface area contributed by atoms with Crippen LogP contribution in [0.2, 0.25) is 0 Å². The van der Waals surface area contributed by atoms with Crippen LogP contribution in [0.4, 0.5) is 5.82 Å². The first-order valence-electron chi connectivity index (χ1n) is 5.95. The molecule has 1 aromatic heterocycles. The van der Waals surface area contributed by atoms with E-state index in [0.29, 0.717) is 5.11 Å². The number of ether oxygens (including phenoxy) is 1. The number of nitrogens with one attached hydrogen (secondary N) is 2. The van der Waals surface area contributed by atoms with Gasteiger partial charge in [-0.2, -0.15) is 0 Å². The zero-order valence-corrected chi connectivity index (χ0v) is 12.6. The Morgan fingerprint density at radius 2 is 2.44 bits per heavy atom. The molecule has 2 rings (SSSR count). The maximum absolute atomic E-state index is 5.52. The maximum atomic E-state index is 5.52. The lowest BCUT2D eigenvalue weighted by Crippen LogP contribution is -2.35. The number of aryl methyl sites for hydroxylation is 1. The molecule has 0 unspecified atom stereocenters. The van der Waals surface area contributed by atoms with Crippen molar-refractivity contribution in [2.75, 3.05) is 18.5 Å². The normalized spacial score (nSPS) is 18.7. The van der Waals surface area contributed by atoms with Gasteiger partial charge < -0.3 is 15.4 Å². The molecule has 1 aliphatic heterocycles. The first-order chi connectivity index (χ1) is 8.65. The minimum Gasteiger partial charge on any atom is -0.376 e. The Morgan fingerprint density at radius 1 is 1.61 bits per heavy atom. The number of halogens is 1. The molecule has 0 radical (unpaired) electrons. The summed E-state index contributed by atoms with van der Waals surface area (Å²) >= 11 is 8.63. The minimum atomic E-state index is 0.282. The van der Waals surface area contributed by atoms with Crippen LogP contribution in [-0.4, -0.2) is 29.4 Å². The van der Waals surface area contributed by atoms with Gasteiger partial charge >= 0.3 is 0 Å². The van der Waals surface area contributed by atoms with Crippen molar-refractivity contribution in [3.05, 3.63) is 22.3 Å². The van der Waals surface area contributed by atoms with Gasteiger partial charge in [0.15, 0.2) is 5.11 Å². The van der Waals surface area contributed by atoms with Gasteiger partial charge in [0.25, 0.3) is 0 Å². The number of anilines is 1. The van der Waals surface area contributed by atoms with Gasteiger partial charge in [-0.3, -0.25) is 0 Å². The van der Waals surface area contributed by atoms with Crippen LogP contribution in [0.5, 0.6) is 0 Å². The number of rotatable bonds is 3. The zero-order valence-electron chi connectivity index (χ0n) is 10.2. The smallest absolute Gasteiger partial charge is 0.172 e. The Morgan fingerprint density at radius 3 is 3.11 bits per heavy atom. The first kappa shape index (κ1) is 13.7. The molecule has 98 valence electrons. The lowest BCUT2D eigenvalue weighted by molar-refractivity contribution is 0.114. The van der Waals surface area contributed by atoms with Crippen LogP contribution in [0.1, 0.15) is 18.5 Å². The van der Waals surface area contributed by atoms with E-state index in [4.69, 9.17) is 17.0 Å². The highest BCUT2D eigenvalue weighted by molar-refractivity contribution is 9.10. The summed E-state index contributed by atoms with van der Waals surface area (Å²) in [6.07, 6.45) is 2.52. The Bertz CT molecular complexity index is 435. The van der Waals surface area contributed by atoms with Gasteiger partial charge in [-0.15, -0.1) is 0 Å². The molecule has 0 aromatic carbocycles. The number of nitrogens with zero attached hydrogens (tertiary/aromatic N) is 1. The van der Waals surface area contributed by atoms with E-state index in [1.54, 1.807) is 0 Å².